The van der Waals surface area contributed by atoms with Crippen LogP contribution in [0.3, 0.4) is 0 Å². The lowest BCUT2D eigenvalue weighted by Gasteiger charge is -2.22. The van der Waals surface area contributed by atoms with Crippen LogP contribution < -0.4 is 19.7 Å². The van der Waals surface area contributed by atoms with Crippen LogP contribution in [0, 0.1) is 0 Å². The fourth-order valence-electron chi connectivity index (χ4n) is 3.51. The number of pyridine rings is 1. The van der Waals surface area contributed by atoms with Gasteiger partial charge in [-0.05, 0) is 49.7 Å². The Bertz CT molecular complexity index is 1040. The third-order valence-corrected chi connectivity index (χ3v) is 5.01. The Morgan fingerprint density at radius 1 is 1.12 bits per heavy atom. The molecule has 1 aliphatic heterocycles. The summed E-state index contributed by atoms with van der Waals surface area (Å²) in [4.78, 5) is 18.3. The van der Waals surface area contributed by atoms with Gasteiger partial charge >= 0.3 is 5.97 Å². The summed E-state index contributed by atoms with van der Waals surface area (Å²) in [5, 5.41) is 3.27. The Hall–Kier alpha value is -3.74. The van der Waals surface area contributed by atoms with Gasteiger partial charge in [-0.2, -0.15) is 0 Å². The first-order valence-corrected chi connectivity index (χ1v) is 10.8. The minimum atomic E-state index is -0.259. The van der Waals surface area contributed by atoms with Crippen LogP contribution in [0.4, 0.5) is 11.5 Å². The zero-order valence-electron chi connectivity index (χ0n) is 18.1. The lowest BCUT2D eigenvalue weighted by molar-refractivity contribution is -0.141. The number of nitrogens with zero attached hydrogens (tertiary/aromatic N) is 2. The van der Waals surface area contributed by atoms with Crippen molar-refractivity contribution in [2.45, 2.75) is 19.9 Å². The van der Waals surface area contributed by atoms with Gasteiger partial charge in [0.2, 0.25) is 0 Å². The molecule has 0 spiro atoms. The second-order valence-electron chi connectivity index (χ2n) is 7.34. The van der Waals surface area contributed by atoms with Crippen LogP contribution in [0.25, 0.3) is 0 Å². The Kier molecular flexibility index (Phi) is 7.07. The molecule has 2 heterocycles. The molecule has 1 aromatic heterocycles. The molecule has 0 aliphatic carbocycles. The molecule has 0 unspecified atom stereocenters. The van der Waals surface area contributed by atoms with E-state index in [0.717, 1.165) is 41.5 Å². The highest BCUT2D eigenvalue weighted by molar-refractivity contribution is 5.77. The fraction of sp³-hybridized carbons (Fsp3) is 0.280. The molecule has 166 valence electrons. The molecule has 3 aromatic rings. The van der Waals surface area contributed by atoms with Crippen molar-refractivity contribution in [1.29, 1.82) is 0 Å². The number of aromatic nitrogens is 1. The summed E-state index contributed by atoms with van der Waals surface area (Å²) >= 11 is 0. The molecule has 0 atom stereocenters. The number of para-hydroxylation sites is 2. The van der Waals surface area contributed by atoms with E-state index in [9.17, 15) is 4.79 Å². The quantitative estimate of drug-likeness (QED) is 0.389. The van der Waals surface area contributed by atoms with Gasteiger partial charge in [-0.25, -0.2) is 4.98 Å². The molecular formula is C25H27N3O4. The fourth-order valence-corrected chi connectivity index (χ4v) is 3.51. The van der Waals surface area contributed by atoms with Crippen LogP contribution in [-0.2, 0) is 16.1 Å². The summed E-state index contributed by atoms with van der Waals surface area (Å²) in [6.07, 6.45) is 2.60. The zero-order valence-corrected chi connectivity index (χ0v) is 18.1. The third-order valence-electron chi connectivity index (χ3n) is 5.01. The molecule has 0 saturated carbocycles. The van der Waals surface area contributed by atoms with Crippen molar-refractivity contribution in [2.75, 3.05) is 36.5 Å². The van der Waals surface area contributed by atoms with Gasteiger partial charge in [0.25, 0.3) is 0 Å². The second-order valence-corrected chi connectivity index (χ2v) is 7.34. The Labute approximate surface area is 187 Å². The van der Waals surface area contributed by atoms with Gasteiger partial charge in [0.05, 0.1) is 18.9 Å². The Balaban J connectivity index is 1.40. The van der Waals surface area contributed by atoms with Crippen molar-refractivity contribution >= 4 is 17.5 Å². The van der Waals surface area contributed by atoms with Crippen LogP contribution in [0.5, 0.6) is 17.2 Å². The van der Waals surface area contributed by atoms with Gasteiger partial charge < -0.3 is 24.4 Å². The van der Waals surface area contributed by atoms with E-state index in [0.29, 0.717) is 25.5 Å². The summed E-state index contributed by atoms with van der Waals surface area (Å²) in [5.74, 6) is 2.78. The molecule has 7 heteroatoms. The monoisotopic (exact) mass is 433 g/mol. The van der Waals surface area contributed by atoms with Crippen LogP contribution in [0.15, 0.2) is 66.9 Å². The molecule has 0 amide bonds. The number of fused-ring (bicyclic) bond motifs is 2. The number of ether oxygens (including phenoxy) is 3. The molecule has 7 nitrogen and oxygen atoms in total. The number of hydrogen-bond donors (Lipinski definition) is 1. The maximum Gasteiger partial charge on any atom is 0.325 e. The topological polar surface area (TPSA) is 72.9 Å². The van der Waals surface area contributed by atoms with Crippen molar-refractivity contribution in [2.24, 2.45) is 0 Å². The minimum absolute atomic E-state index is 0.162. The number of carbonyl (C=O) groups is 1. The van der Waals surface area contributed by atoms with E-state index in [1.165, 1.54) is 0 Å². The molecule has 1 N–H and O–H groups in total. The molecule has 0 bridgehead atoms. The average molecular weight is 434 g/mol. The highest BCUT2D eigenvalue weighted by Gasteiger charge is 2.23. The smallest absolute Gasteiger partial charge is 0.325 e. The molecule has 0 fully saturated rings. The molecule has 2 aromatic carbocycles. The number of benzene rings is 2. The van der Waals surface area contributed by atoms with Crippen LogP contribution in [0.1, 0.15) is 18.9 Å². The van der Waals surface area contributed by atoms with Gasteiger partial charge in [0, 0.05) is 30.9 Å². The van der Waals surface area contributed by atoms with Crippen molar-refractivity contribution in [3.63, 3.8) is 0 Å². The summed E-state index contributed by atoms with van der Waals surface area (Å²) in [6, 6.07) is 19.3. The van der Waals surface area contributed by atoms with E-state index >= 15 is 0 Å². The van der Waals surface area contributed by atoms with E-state index in [4.69, 9.17) is 14.2 Å². The van der Waals surface area contributed by atoms with Crippen LogP contribution >= 0.6 is 0 Å². The van der Waals surface area contributed by atoms with Crippen molar-refractivity contribution in [3.05, 3.63) is 72.4 Å². The lowest BCUT2D eigenvalue weighted by Crippen LogP contribution is -2.30. The Morgan fingerprint density at radius 3 is 2.84 bits per heavy atom. The standard InChI is InChI=1S/C25H27N3O4/c1-2-30-25(29)18-28-17-19-11-12-20(16-23(19)32-22-9-4-3-8-21(22)28)31-15-7-14-27-24-10-5-6-13-26-24/h3-6,8-13,16H,2,7,14-15,17-18H2,1H3,(H,26,27). The SMILES string of the molecule is CCOC(=O)CN1Cc2ccc(OCCCNc3ccccn3)cc2Oc2ccccc21. The van der Waals surface area contributed by atoms with E-state index in [2.05, 4.69) is 10.3 Å². The summed E-state index contributed by atoms with van der Waals surface area (Å²) < 4.78 is 17.3. The first-order valence-electron chi connectivity index (χ1n) is 10.8. The van der Waals surface area contributed by atoms with Crippen LogP contribution in [0.2, 0.25) is 0 Å². The lowest BCUT2D eigenvalue weighted by atomic mass is 10.1. The highest BCUT2D eigenvalue weighted by atomic mass is 16.5. The first-order chi connectivity index (χ1) is 15.7. The van der Waals surface area contributed by atoms with E-state index in [-0.39, 0.29) is 12.5 Å². The largest absolute Gasteiger partial charge is 0.493 e. The molecule has 4 rings (SSSR count). The number of nitrogens with one attached hydrogen (secondary N) is 1. The van der Waals surface area contributed by atoms with Gasteiger partial charge in [0.1, 0.15) is 23.9 Å². The highest BCUT2D eigenvalue weighted by Crippen LogP contribution is 2.40. The second kappa shape index (κ2) is 10.5. The molecule has 1 aliphatic rings. The van der Waals surface area contributed by atoms with Gasteiger partial charge in [-0.3, -0.25) is 4.79 Å². The number of rotatable bonds is 9. The molecule has 32 heavy (non-hydrogen) atoms. The molecule has 0 saturated heterocycles. The maximum absolute atomic E-state index is 12.1. The summed E-state index contributed by atoms with van der Waals surface area (Å²) in [7, 11) is 0. The summed E-state index contributed by atoms with van der Waals surface area (Å²) in [5.41, 5.74) is 1.84. The average Bonchev–Trinajstić information content (AvgIpc) is 2.96. The third kappa shape index (κ3) is 5.49. The van der Waals surface area contributed by atoms with Gasteiger partial charge in [-0.15, -0.1) is 0 Å². The molecular weight excluding hydrogens is 406 g/mol. The summed E-state index contributed by atoms with van der Waals surface area (Å²) in [6.45, 7) is 4.22. The predicted octanol–water partition coefficient (Wildman–Crippen LogP) is 4.64. The maximum atomic E-state index is 12.1. The minimum Gasteiger partial charge on any atom is -0.493 e. The van der Waals surface area contributed by atoms with E-state index in [1.807, 2.05) is 72.5 Å². The van der Waals surface area contributed by atoms with E-state index < -0.39 is 0 Å². The predicted molar refractivity (Wildman–Crippen MR) is 123 cm³/mol. The van der Waals surface area contributed by atoms with Crippen molar-refractivity contribution < 1.29 is 19.0 Å². The normalized spacial score (nSPS) is 12.1. The number of carbonyl (C=O) groups excluding carboxylic acids is 1. The Morgan fingerprint density at radius 2 is 2.00 bits per heavy atom. The van der Waals surface area contributed by atoms with E-state index in [1.54, 1.807) is 6.20 Å². The first kappa shape index (κ1) is 21.5. The van der Waals surface area contributed by atoms with Crippen molar-refractivity contribution in [1.82, 2.24) is 4.98 Å². The van der Waals surface area contributed by atoms with Crippen LogP contribution in [-0.4, -0.2) is 37.3 Å². The van der Waals surface area contributed by atoms with Gasteiger partial charge in [0.15, 0.2) is 5.75 Å². The zero-order chi connectivity index (χ0) is 22.2. The van der Waals surface area contributed by atoms with Crippen molar-refractivity contribution in [3.8, 4) is 17.2 Å². The van der Waals surface area contributed by atoms with Gasteiger partial charge in [-0.1, -0.05) is 18.2 Å². The number of esters is 1. The molecule has 0 radical (unpaired) electrons. The number of anilines is 2. The number of hydrogen-bond acceptors (Lipinski definition) is 7.